The molecule has 2 heterocycles. The van der Waals surface area contributed by atoms with Gasteiger partial charge in [-0.25, -0.2) is 9.37 Å². The number of nitrogens with one attached hydrogen (secondary N) is 1. The summed E-state index contributed by atoms with van der Waals surface area (Å²) in [5.41, 5.74) is -0.606. The molecule has 2 amide bonds. The second-order valence-corrected chi connectivity index (χ2v) is 11.8. The molecule has 13 heteroatoms. The zero-order chi connectivity index (χ0) is 31.2. The molecule has 0 saturated heterocycles. The lowest BCUT2D eigenvalue weighted by Gasteiger charge is -2.31. The maximum atomic E-state index is 14.8. The van der Waals surface area contributed by atoms with Gasteiger partial charge in [-0.05, 0) is 74.2 Å². The van der Waals surface area contributed by atoms with Crippen LogP contribution in [-0.2, 0) is 15.8 Å². The quantitative estimate of drug-likeness (QED) is 0.312. The van der Waals surface area contributed by atoms with Crippen LogP contribution in [0.4, 0.5) is 17.6 Å². The van der Waals surface area contributed by atoms with Crippen LogP contribution in [0.15, 0.2) is 48.5 Å². The number of alkyl halides is 3. The third kappa shape index (κ3) is 3.98. The predicted octanol–water partition coefficient (Wildman–Crippen LogP) is 3.90. The summed E-state index contributed by atoms with van der Waals surface area (Å²) in [5.74, 6) is -1.59. The van der Waals surface area contributed by atoms with E-state index >= 15 is 0 Å². The normalized spacial score (nSPS) is 23.5. The van der Waals surface area contributed by atoms with Crippen LogP contribution in [0, 0.1) is 11.2 Å². The Morgan fingerprint density at radius 3 is 2.41 bits per heavy atom. The first-order valence-electron chi connectivity index (χ1n) is 14.1. The molecular formula is C31H27F4N3O6. The number of amides is 2. The molecule has 4 aliphatic rings. The van der Waals surface area contributed by atoms with E-state index in [0.29, 0.717) is 18.6 Å². The van der Waals surface area contributed by atoms with E-state index in [-0.39, 0.29) is 40.0 Å². The highest BCUT2D eigenvalue weighted by molar-refractivity contribution is 5.98. The van der Waals surface area contributed by atoms with Crippen molar-refractivity contribution in [3.05, 3.63) is 71.2 Å². The molecule has 1 aromatic heterocycles. The molecule has 3 fully saturated rings. The largest absolute Gasteiger partial charge is 0.493 e. The molecular weight excluding hydrogens is 586 g/mol. The van der Waals surface area contributed by atoms with Crippen molar-refractivity contribution in [2.75, 3.05) is 13.7 Å². The van der Waals surface area contributed by atoms with E-state index in [0.717, 1.165) is 31.0 Å². The number of fused-ring (bicyclic) bond motifs is 5. The van der Waals surface area contributed by atoms with Crippen molar-refractivity contribution in [2.24, 2.45) is 11.1 Å². The predicted molar refractivity (Wildman–Crippen MR) is 146 cm³/mol. The molecule has 44 heavy (non-hydrogen) atoms. The number of rotatable bonds is 9. The number of hydrogen-bond acceptors (Lipinski definition) is 7. The number of nitrogens with two attached hydrogens (primary N) is 1. The van der Waals surface area contributed by atoms with Gasteiger partial charge < -0.3 is 30.4 Å². The van der Waals surface area contributed by atoms with Crippen molar-refractivity contribution in [1.29, 1.82) is 0 Å². The number of pyridine rings is 1. The Bertz CT molecular complexity index is 1710. The molecule has 0 bridgehead atoms. The van der Waals surface area contributed by atoms with Crippen LogP contribution in [0.5, 0.6) is 17.2 Å². The van der Waals surface area contributed by atoms with E-state index < -0.39 is 58.6 Å². The molecule has 2 aromatic carbocycles. The SMILES string of the molecule is COc1cc(C(=O)NCC(O)(c2cc3c(c(-c4ccc(F)cc4)n2)OC2C4(CC4)[C@@]32C(N)=O)C(F)(F)F)ccc1OC1CC1. The van der Waals surface area contributed by atoms with Crippen LogP contribution in [0.1, 0.15) is 47.3 Å². The summed E-state index contributed by atoms with van der Waals surface area (Å²) in [4.78, 5) is 30.1. The number of ether oxygens (including phenoxy) is 3. The first-order chi connectivity index (χ1) is 20.9. The summed E-state index contributed by atoms with van der Waals surface area (Å²) in [6.45, 7) is -1.31. The number of carbonyl (C=O) groups excluding carboxylic acids is 2. The molecule has 9 nitrogen and oxygen atoms in total. The minimum Gasteiger partial charge on any atom is -0.493 e. The van der Waals surface area contributed by atoms with Gasteiger partial charge >= 0.3 is 6.18 Å². The first kappa shape index (κ1) is 28.4. The molecule has 7 rings (SSSR count). The molecule has 0 radical (unpaired) electrons. The smallest absolute Gasteiger partial charge is 0.424 e. The zero-order valence-electron chi connectivity index (χ0n) is 23.3. The summed E-state index contributed by atoms with van der Waals surface area (Å²) in [6.07, 6.45) is -3.01. The number of nitrogens with zero attached hydrogens (tertiary/aromatic N) is 1. The van der Waals surface area contributed by atoms with Crippen molar-refractivity contribution in [3.8, 4) is 28.5 Å². The third-order valence-electron chi connectivity index (χ3n) is 9.17. The average molecular weight is 614 g/mol. The lowest BCUT2D eigenvalue weighted by molar-refractivity contribution is -0.265. The van der Waals surface area contributed by atoms with Gasteiger partial charge in [0.2, 0.25) is 11.5 Å². The van der Waals surface area contributed by atoms with Gasteiger partial charge in [0.25, 0.3) is 5.91 Å². The highest BCUT2D eigenvalue weighted by atomic mass is 19.4. The second kappa shape index (κ2) is 9.31. The Labute approximate surface area is 248 Å². The fourth-order valence-corrected chi connectivity index (χ4v) is 6.46. The standard InChI is InChI=1S/C31H27F4N3O6/c1-42-21-12-16(4-9-20(21)43-18-7-8-18)25(39)37-14-29(41,31(33,34)35)22-13-19-24(23(38-22)15-2-5-17(32)6-3-15)44-26-28(10-11-28)30(19,26)27(36)40/h2-6,9,12-13,18,26,41H,7-8,10-11,14H2,1H3,(H2,36,40)(H,37,39)/t26?,29?,30-/m0/s1. The zero-order valence-corrected chi connectivity index (χ0v) is 23.3. The number of aliphatic hydroxyl groups is 1. The molecule has 1 aliphatic heterocycles. The Kier molecular flexibility index (Phi) is 6.00. The fourth-order valence-electron chi connectivity index (χ4n) is 6.46. The Hall–Kier alpha value is -4.39. The van der Waals surface area contributed by atoms with E-state index in [9.17, 15) is 32.3 Å². The minimum atomic E-state index is -5.33. The molecule has 230 valence electrons. The van der Waals surface area contributed by atoms with E-state index in [2.05, 4.69) is 10.3 Å². The maximum absolute atomic E-state index is 14.8. The maximum Gasteiger partial charge on any atom is 0.424 e. The van der Waals surface area contributed by atoms with Crippen LogP contribution >= 0.6 is 0 Å². The van der Waals surface area contributed by atoms with Crippen molar-refractivity contribution >= 4 is 11.8 Å². The van der Waals surface area contributed by atoms with Crippen LogP contribution in [0.3, 0.4) is 0 Å². The summed E-state index contributed by atoms with van der Waals surface area (Å²) >= 11 is 0. The summed E-state index contributed by atoms with van der Waals surface area (Å²) < 4.78 is 75.1. The molecule has 3 saturated carbocycles. The van der Waals surface area contributed by atoms with Gasteiger partial charge in [-0.15, -0.1) is 0 Å². The van der Waals surface area contributed by atoms with E-state index in [1.807, 2.05) is 0 Å². The van der Waals surface area contributed by atoms with Gasteiger partial charge in [0.15, 0.2) is 17.2 Å². The van der Waals surface area contributed by atoms with Gasteiger partial charge in [-0.1, -0.05) is 0 Å². The first-order valence-corrected chi connectivity index (χ1v) is 14.1. The topological polar surface area (TPSA) is 133 Å². The summed E-state index contributed by atoms with van der Waals surface area (Å²) in [7, 11) is 1.37. The number of halogens is 4. The van der Waals surface area contributed by atoms with Crippen molar-refractivity contribution in [2.45, 2.75) is 55.1 Å². The minimum absolute atomic E-state index is 0.0268. The number of primary amides is 1. The molecule has 3 atom stereocenters. The number of benzene rings is 2. The molecule has 2 unspecified atom stereocenters. The second-order valence-electron chi connectivity index (χ2n) is 11.8. The lowest BCUT2D eigenvalue weighted by Crippen LogP contribution is -2.51. The van der Waals surface area contributed by atoms with E-state index in [1.54, 1.807) is 0 Å². The fraction of sp³-hybridized carbons (Fsp3) is 0.387. The number of methoxy groups -OCH3 is 1. The monoisotopic (exact) mass is 613 g/mol. The molecule has 3 aliphatic carbocycles. The molecule has 3 aromatic rings. The van der Waals surface area contributed by atoms with Gasteiger partial charge in [0.05, 0.1) is 25.5 Å². The highest BCUT2D eigenvalue weighted by Gasteiger charge is 2.91. The Morgan fingerprint density at radius 1 is 1.11 bits per heavy atom. The summed E-state index contributed by atoms with van der Waals surface area (Å²) in [5, 5.41) is 13.5. The van der Waals surface area contributed by atoms with Crippen molar-refractivity contribution in [3.63, 3.8) is 0 Å². The Morgan fingerprint density at radius 2 is 1.82 bits per heavy atom. The van der Waals surface area contributed by atoms with Crippen LogP contribution in [-0.4, -0.2) is 53.9 Å². The summed E-state index contributed by atoms with van der Waals surface area (Å²) in [6, 6.07) is 9.99. The lowest BCUT2D eigenvalue weighted by atomic mass is 9.86. The number of hydrogen-bond donors (Lipinski definition) is 3. The van der Waals surface area contributed by atoms with E-state index in [1.165, 1.54) is 37.4 Å². The molecule has 4 N–H and O–H groups in total. The van der Waals surface area contributed by atoms with Crippen molar-refractivity contribution in [1.82, 2.24) is 10.3 Å². The van der Waals surface area contributed by atoms with Crippen LogP contribution in [0.2, 0.25) is 0 Å². The van der Waals surface area contributed by atoms with Crippen LogP contribution < -0.4 is 25.3 Å². The van der Waals surface area contributed by atoms with Gasteiger partial charge in [-0.2, -0.15) is 13.2 Å². The highest BCUT2D eigenvalue weighted by Crippen LogP contribution is 2.83. The van der Waals surface area contributed by atoms with Gasteiger partial charge in [0, 0.05) is 22.1 Å². The average Bonchev–Trinajstić information content (AvgIpc) is 3.95. The number of carbonyl (C=O) groups is 2. The van der Waals surface area contributed by atoms with E-state index in [4.69, 9.17) is 19.9 Å². The van der Waals surface area contributed by atoms with Gasteiger partial charge in [0.1, 0.15) is 23.0 Å². The Balaban J connectivity index is 1.27. The molecule has 1 spiro atoms. The third-order valence-corrected chi connectivity index (χ3v) is 9.17. The number of aromatic nitrogens is 1. The van der Waals surface area contributed by atoms with Crippen LogP contribution in [0.25, 0.3) is 11.3 Å². The van der Waals surface area contributed by atoms with Crippen molar-refractivity contribution < 1.29 is 46.5 Å². The van der Waals surface area contributed by atoms with Gasteiger partial charge in [-0.3, -0.25) is 9.59 Å².